The summed E-state index contributed by atoms with van der Waals surface area (Å²) in [6.45, 7) is 0. The smallest absolute Gasteiger partial charge is 0.277 e. The highest BCUT2D eigenvalue weighted by Gasteiger charge is 2.19. The van der Waals surface area contributed by atoms with E-state index in [2.05, 4.69) is 5.10 Å². The zero-order chi connectivity index (χ0) is 20.3. The summed E-state index contributed by atoms with van der Waals surface area (Å²) in [5.41, 5.74) is 2.77. The number of aryl methyl sites for hydroxylation is 1. The second-order valence-corrected chi connectivity index (χ2v) is 6.68. The molecule has 0 bridgehead atoms. The Labute approximate surface area is 162 Å². The topological polar surface area (TPSA) is 74.1 Å². The number of hydrogen-bond acceptors (Lipinski definition) is 3. The molecule has 2 N–H and O–H groups in total. The molecule has 3 aromatic rings. The van der Waals surface area contributed by atoms with E-state index < -0.39 is 0 Å². The van der Waals surface area contributed by atoms with Gasteiger partial charge in [0.15, 0.2) is 0 Å². The van der Waals surface area contributed by atoms with Crippen LogP contribution in [-0.4, -0.2) is 41.8 Å². The van der Waals surface area contributed by atoms with E-state index in [0.717, 1.165) is 16.9 Å². The summed E-state index contributed by atoms with van der Waals surface area (Å²) in [5, 5.41) is 11.2. The first-order chi connectivity index (χ1) is 13.4. The molecule has 2 aromatic carbocycles. The van der Waals surface area contributed by atoms with Gasteiger partial charge in [-0.3, -0.25) is 15.3 Å². The fourth-order valence-corrected chi connectivity index (χ4v) is 2.97. The van der Waals surface area contributed by atoms with Crippen molar-refractivity contribution in [1.82, 2.24) is 14.7 Å². The minimum Gasteiger partial charge on any atom is -0.497 e. The van der Waals surface area contributed by atoms with Crippen molar-refractivity contribution in [2.24, 2.45) is 0 Å². The molecule has 6 nitrogen and oxygen atoms in total. The highest BCUT2D eigenvalue weighted by molar-refractivity contribution is 5.79. The van der Waals surface area contributed by atoms with Gasteiger partial charge in [0.2, 0.25) is 5.96 Å². The lowest BCUT2D eigenvalue weighted by Crippen LogP contribution is -2.35. The first-order valence-electron chi connectivity index (χ1n) is 8.89. The third-order valence-electron chi connectivity index (χ3n) is 4.58. The number of nitrogens with one attached hydrogen (secondary N) is 2. The van der Waals surface area contributed by atoms with Crippen LogP contribution in [0.3, 0.4) is 0 Å². The molecular formula is C21H23FN4O2. The Morgan fingerprint density at radius 2 is 1.75 bits per heavy atom. The van der Waals surface area contributed by atoms with Crippen LogP contribution >= 0.6 is 0 Å². The number of rotatable bonds is 5. The molecule has 0 amide bonds. The fraction of sp³-hybridized carbons (Fsp3) is 0.238. The van der Waals surface area contributed by atoms with Crippen molar-refractivity contribution in [3.8, 4) is 17.0 Å². The van der Waals surface area contributed by atoms with Crippen LogP contribution in [0.4, 0.5) is 4.39 Å². The second kappa shape index (κ2) is 8.12. The van der Waals surface area contributed by atoms with E-state index in [0.29, 0.717) is 24.1 Å². The molecule has 0 saturated heterocycles. The van der Waals surface area contributed by atoms with Crippen LogP contribution in [0.1, 0.15) is 11.1 Å². The van der Waals surface area contributed by atoms with E-state index in [9.17, 15) is 9.18 Å². The molecule has 7 heteroatoms. The lowest BCUT2D eigenvalue weighted by Gasteiger charge is -2.12. The van der Waals surface area contributed by atoms with E-state index >= 15 is 0 Å². The molecule has 0 atom stereocenters. The molecule has 3 rings (SSSR count). The summed E-state index contributed by atoms with van der Waals surface area (Å²) >= 11 is 0. The van der Waals surface area contributed by atoms with Crippen LogP contribution in [0.5, 0.6) is 5.75 Å². The molecule has 1 heterocycles. The van der Waals surface area contributed by atoms with Crippen LogP contribution in [0.15, 0.2) is 53.3 Å². The Hall–Kier alpha value is -3.35. The Morgan fingerprint density at radius 3 is 2.32 bits per heavy atom. The van der Waals surface area contributed by atoms with Gasteiger partial charge in [-0.1, -0.05) is 12.1 Å². The van der Waals surface area contributed by atoms with Gasteiger partial charge in [0, 0.05) is 25.2 Å². The molecule has 28 heavy (non-hydrogen) atoms. The number of H-pyrrole nitrogens is 1. The van der Waals surface area contributed by atoms with Crippen molar-refractivity contribution in [3.05, 3.63) is 75.8 Å². The van der Waals surface area contributed by atoms with Gasteiger partial charge in [-0.25, -0.2) is 4.39 Å². The van der Waals surface area contributed by atoms with Crippen LogP contribution in [-0.2, 0) is 12.8 Å². The molecule has 0 saturated carbocycles. The average molecular weight is 382 g/mol. The van der Waals surface area contributed by atoms with Crippen LogP contribution in [0.2, 0.25) is 0 Å². The fourth-order valence-electron chi connectivity index (χ4n) is 2.97. The first kappa shape index (κ1) is 19.4. The maximum Gasteiger partial charge on any atom is 0.277 e. The van der Waals surface area contributed by atoms with Crippen LogP contribution < -0.4 is 10.3 Å². The number of nitrogens with zero attached hydrogens (tertiary/aromatic N) is 2. The van der Waals surface area contributed by atoms with Gasteiger partial charge in [-0.05, 0) is 54.8 Å². The van der Waals surface area contributed by atoms with Crippen molar-refractivity contribution in [2.45, 2.75) is 12.8 Å². The Bertz CT molecular complexity index is 1020. The molecular weight excluding hydrogens is 359 g/mol. The lowest BCUT2D eigenvalue weighted by molar-refractivity contribution is 0.415. The van der Waals surface area contributed by atoms with E-state index in [1.807, 2.05) is 24.3 Å². The summed E-state index contributed by atoms with van der Waals surface area (Å²) in [4.78, 5) is 14.5. The average Bonchev–Trinajstić information content (AvgIpc) is 3.03. The minimum atomic E-state index is -0.286. The number of aromatic amines is 1. The molecule has 0 aliphatic carbocycles. The lowest BCUT2D eigenvalue weighted by atomic mass is 10.0. The summed E-state index contributed by atoms with van der Waals surface area (Å²) in [6, 6.07) is 13.7. The normalized spacial score (nSPS) is 10.7. The molecule has 0 aliphatic rings. The largest absolute Gasteiger partial charge is 0.497 e. The molecule has 146 valence electrons. The van der Waals surface area contributed by atoms with Crippen molar-refractivity contribution in [2.75, 3.05) is 21.2 Å². The third kappa shape index (κ3) is 3.98. The maximum atomic E-state index is 13.1. The zero-order valence-corrected chi connectivity index (χ0v) is 16.1. The van der Waals surface area contributed by atoms with Gasteiger partial charge >= 0.3 is 0 Å². The molecule has 0 spiro atoms. The van der Waals surface area contributed by atoms with E-state index in [1.165, 1.54) is 16.8 Å². The second-order valence-electron chi connectivity index (χ2n) is 6.68. The predicted molar refractivity (Wildman–Crippen MR) is 108 cm³/mol. The SMILES string of the molecule is COc1ccc(-c2[nH]n(C(=N)N(C)C)c(=O)c2CCc2ccc(F)cc2)cc1. The van der Waals surface area contributed by atoms with Gasteiger partial charge < -0.3 is 9.64 Å². The Kier molecular flexibility index (Phi) is 5.63. The molecule has 0 unspecified atom stereocenters. The van der Waals surface area contributed by atoms with Crippen molar-refractivity contribution in [3.63, 3.8) is 0 Å². The molecule has 0 radical (unpaired) electrons. The summed E-state index contributed by atoms with van der Waals surface area (Å²) in [6.07, 6.45) is 1.06. The predicted octanol–water partition coefficient (Wildman–Crippen LogP) is 3.12. The van der Waals surface area contributed by atoms with Crippen molar-refractivity contribution in [1.29, 1.82) is 5.41 Å². The van der Waals surface area contributed by atoms with E-state index in [1.54, 1.807) is 38.2 Å². The zero-order valence-electron chi connectivity index (χ0n) is 16.1. The minimum absolute atomic E-state index is 0.0489. The van der Waals surface area contributed by atoms with Crippen molar-refractivity contribution >= 4 is 5.96 Å². The van der Waals surface area contributed by atoms with Crippen molar-refractivity contribution < 1.29 is 9.13 Å². The van der Waals surface area contributed by atoms with Gasteiger partial charge in [0.25, 0.3) is 5.56 Å². The number of halogens is 1. The molecule has 1 aromatic heterocycles. The van der Waals surface area contributed by atoms with Gasteiger partial charge in [0.1, 0.15) is 11.6 Å². The van der Waals surface area contributed by atoms with E-state index in [4.69, 9.17) is 10.1 Å². The number of hydrogen-bond donors (Lipinski definition) is 2. The number of aromatic nitrogens is 2. The highest BCUT2D eigenvalue weighted by Crippen LogP contribution is 2.24. The summed E-state index contributed by atoms with van der Waals surface area (Å²) in [7, 11) is 5.02. The maximum absolute atomic E-state index is 13.1. The van der Waals surface area contributed by atoms with Crippen LogP contribution in [0, 0.1) is 11.2 Å². The first-order valence-corrected chi connectivity index (χ1v) is 8.89. The number of ether oxygens (including phenoxy) is 1. The third-order valence-corrected chi connectivity index (χ3v) is 4.58. The van der Waals surface area contributed by atoms with Gasteiger partial charge in [0.05, 0.1) is 12.8 Å². The quantitative estimate of drug-likeness (QED) is 0.526. The van der Waals surface area contributed by atoms with Gasteiger partial charge in [-0.15, -0.1) is 0 Å². The summed E-state index contributed by atoms with van der Waals surface area (Å²) in [5.74, 6) is 0.485. The Balaban J connectivity index is 2.00. The monoisotopic (exact) mass is 382 g/mol. The Morgan fingerprint density at radius 1 is 1.11 bits per heavy atom. The number of benzene rings is 2. The van der Waals surface area contributed by atoms with Gasteiger partial charge in [-0.2, -0.15) is 4.68 Å². The highest BCUT2D eigenvalue weighted by atomic mass is 19.1. The standard InChI is InChI=1S/C21H23FN4O2/c1-25(2)21(23)26-20(27)18(13-6-14-4-9-16(22)10-5-14)19(24-26)15-7-11-17(28-3)12-8-15/h4-5,7-12,23-24H,6,13H2,1-3H3. The van der Waals surface area contributed by atoms with E-state index in [-0.39, 0.29) is 17.3 Å². The number of methoxy groups -OCH3 is 1. The van der Waals surface area contributed by atoms with Crippen LogP contribution in [0.25, 0.3) is 11.3 Å². The molecule has 0 aliphatic heterocycles. The summed E-state index contributed by atoms with van der Waals surface area (Å²) < 4.78 is 19.6. The molecule has 0 fully saturated rings.